The molecule has 1 fully saturated rings. The van der Waals surface area contributed by atoms with Crippen LogP contribution in [0.2, 0.25) is 0 Å². The fourth-order valence-electron chi connectivity index (χ4n) is 3.08. The molecule has 0 aromatic heterocycles. The summed E-state index contributed by atoms with van der Waals surface area (Å²) in [4.78, 5) is 11.7. The van der Waals surface area contributed by atoms with Crippen molar-refractivity contribution >= 4 is 28.6 Å². The predicted octanol–water partition coefficient (Wildman–Crippen LogP) is 4.11. The molecule has 0 spiro atoms. The zero-order valence-corrected chi connectivity index (χ0v) is 12.8. The Hall–Kier alpha value is -0.580. The molecular formula is C15H19IO2. The standard InChI is InChI=1S/C15H19IO2/c1-11-3-2-8-15(9-11,14(17)18)10-12-4-6-13(16)7-5-12/h4-7,11H,2-3,8-10H2,1H3,(H,17,18). The number of halogens is 1. The maximum absolute atomic E-state index is 11.7. The molecule has 1 saturated carbocycles. The minimum atomic E-state index is -0.618. The molecule has 1 aliphatic carbocycles. The highest BCUT2D eigenvalue weighted by molar-refractivity contribution is 14.1. The van der Waals surface area contributed by atoms with E-state index in [2.05, 4.69) is 53.8 Å². The van der Waals surface area contributed by atoms with Crippen LogP contribution in [0, 0.1) is 14.9 Å². The lowest BCUT2D eigenvalue weighted by Crippen LogP contribution is -2.37. The van der Waals surface area contributed by atoms with Crippen LogP contribution in [-0.2, 0) is 11.2 Å². The van der Waals surface area contributed by atoms with Crippen LogP contribution in [0.3, 0.4) is 0 Å². The summed E-state index contributed by atoms with van der Waals surface area (Å²) >= 11 is 2.27. The lowest BCUT2D eigenvalue weighted by molar-refractivity contribution is -0.152. The van der Waals surface area contributed by atoms with Crippen molar-refractivity contribution in [2.75, 3.05) is 0 Å². The molecular weight excluding hydrogens is 339 g/mol. The molecule has 3 heteroatoms. The molecule has 0 bridgehead atoms. The number of rotatable bonds is 3. The molecule has 98 valence electrons. The highest BCUT2D eigenvalue weighted by atomic mass is 127. The van der Waals surface area contributed by atoms with Crippen molar-refractivity contribution in [3.05, 3.63) is 33.4 Å². The van der Waals surface area contributed by atoms with Crippen molar-refractivity contribution in [2.45, 2.75) is 39.0 Å². The van der Waals surface area contributed by atoms with Crippen molar-refractivity contribution in [3.63, 3.8) is 0 Å². The predicted molar refractivity (Wildman–Crippen MR) is 80.6 cm³/mol. The van der Waals surface area contributed by atoms with Gasteiger partial charge in [-0.15, -0.1) is 0 Å². The van der Waals surface area contributed by atoms with E-state index >= 15 is 0 Å². The Morgan fingerprint density at radius 2 is 2.11 bits per heavy atom. The largest absolute Gasteiger partial charge is 0.481 e. The Balaban J connectivity index is 2.20. The Labute approximate surface area is 122 Å². The Morgan fingerprint density at radius 1 is 1.44 bits per heavy atom. The van der Waals surface area contributed by atoms with Crippen LogP contribution in [0.5, 0.6) is 0 Å². The summed E-state index contributed by atoms with van der Waals surface area (Å²) in [6, 6.07) is 8.23. The van der Waals surface area contributed by atoms with Gasteiger partial charge in [-0.25, -0.2) is 0 Å². The van der Waals surface area contributed by atoms with Crippen LogP contribution >= 0.6 is 22.6 Å². The number of benzene rings is 1. The van der Waals surface area contributed by atoms with Gasteiger partial charge in [0.15, 0.2) is 0 Å². The summed E-state index contributed by atoms with van der Waals surface area (Å²) in [6.07, 6.45) is 4.51. The van der Waals surface area contributed by atoms with Gasteiger partial charge in [0.2, 0.25) is 0 Å². The summed E-state index contributed by atoms with van der Waals surface area (Å²) in [5, 5.41) is 9.62. The number of carbonyl (C=O) groups is 1. The summed E-state index contributed by atoms with van der Waals surface area (Å²) in [6.45, 7) is 2.17. The molecule has 1 aromatic rings. The maximum Gasteiger partial charge on any atom is 0.309 e. The van der Waals surface area contributed by atoms with Crippen molar-refractivity contribution in [2.24, 2.45) is 11.3 Å². The van der Waals surface area contributed by atoms with Crippen LogP contribution in [-0.4, -0.2) is 11.1 Å². The van der Waals surface area contributed by atoms with E-state index in [1.54, 1.807) is 0 Å². The van der Waals surface area contributed by atoms with E-state index in [1.165, 1.54) is 9.99 Å². The second kappa shape index (κ2) is 5.59. The molecule has 1 aliphatic rings. The fourth-order valence-corrected chi connectivity index (χ4v) is 3.44. The van der Waals surface area contributed by atoms with Gasteiger partial charge in [-0.1, -0.05) is 31.9 Å². The average molecular weight is 358 g/mol. The molecule has 2 atom stereocenters. The van der Waals surface area contributed by atoms with E-state index in [9.17, 15) is 9.90 Å². The van der Waals surface area contributed by atoms with Crippen molar-refractivity contribution in [1.29, 1.82) is 0 Å². The van der Waals surface area contributed by atoms with Crippen molar-refractivity contribution in [3.8, 4) is 0 Å². The molecule has 2 unspecified atom stereocenters. The van der Waals surface area contributed by atoms with E-state index < -0.39 is 11.4 Å². The molecule has 0 heterocycles. The molecule has 18 heavy (non-hydrogen) atoms. The van der Waals surface area contributed by atoms with Gasteiger partial charge >= 0.3 is 5.97 Å². The molecule has 1 N–H and O–H groups in total. The van der Waals surface area contributed by atoms with E-state index in [-0.39, 0.29) is 0 Å². The molecule has 0 aliphatic heterocycles. The van der Waals surface area contributed by atoms with E-state index in [0.29, 0.717) is 12.3 Å². The van der Waals surface area contributed by atoms with Crippen LogP contribution < -0.4 is 0 Å². The first-order chi connectivity index (χ1) is 8.52. The maximum atomic E-state index is 11.7. The minimum absolute atomic E-state index is 0.527. The number of carboxylic acid groups (broad SMARTS) is 1. The second-order valence-electron chi connectivity index (χ2n) is 5.59. The average Bonchev–Trinajstić information content (AvgIpc) is 2.32. The smallest absolute Gasteiger partial charge is 0.309 e. The van der Waals surface area contributed by atoms with Gasteiger partial charge in [0.25, 0.3) is 0 Å². The normalized spacial score (nSPS) is 28.0. The second-order valence-corrected chi connectivity index (χ2v) is 6.84. The van der Waals surface area contributed by atoms with Gasteiger partial charge in [-0.2, -0.15) is 0 Å². The third-order valence-corrected chi connectivity index (χ3v) is 4.72. The topological polar surface area (TPSA) is 37.3 Å². The third-order valence-electron chi connectivity index (χ3n) is 4.00. The van der Waals surface area contributed by atoms with Crippen molar-refractivity contribution < 1.29 is 9.90 Å². The van der Waals surface area contributed by atoms with Gasteiger partial charge in [0, 0.05) is 3.57 Å². The SMILES string of the molecule is CC1CCCC(Cc2ccc(I)cc2)(C(=O)O)C1. The zero-order valence-electron chi connectivity index (χ0n) is 10.7. The molecule has 2 nitrogen and oxygen atoms in total. The van der Waals surface area contributed by atoms with Gasteiger partial charge in [0.05, 0.1) is 5.41 Å². The number of carboxylic acids is 1. The third kappa shape index (κ3) is 3.05. The lowest BCUT2D eigenvalue weighted by atomic mass is 9.67. The highest BCUT2D eigenvalue weighted by Crippen LogP contribution is 2.42. The van der Waals surface area contributed by atoms with Gasteiger partial charge in [0.1, 0.15) is 0 Å². The summed E-state index contributed by atoms with van der Waals surface area (Å²) in [5.74, 6) is -0.0914. The highest BCUT2D eigenvalue weighted by Gasteiger charge is 2.41. The molecule has 0 radical (unpaired) electrons. The first-order valence-electron chi connectivity index (χ1n) is 6.50. The fraction of sp³-hybridized carbons (Fsp3) is 0.533. The Morgan fingerprint density at radius 3 is 2.67 bits per heavy atom. The quantitative estimate of drug-likeness (QED) is 0.826. The number of aliphatic carboxylic acids is 1. The monoisotopic (exact) mass is 358 g/mol. The summed E-state index contributed by atoms with van der Waals surface area (Å²) < 4.78 is 1.19. The first-order valence-corrected chi connectivity index (χ1v) is 7.57. The van der Waals surface area contributed by atoms with Crippen LogP contribution in [0.4, 0.5) is 0 Å². The van der Waals surface area contributed by atoms with E-state index in [1.807, 2.05) is 0 Å². The zero-order chi connectivity index (χ0) is 13.2. The summed E-state index contributed by atoms with van der Waals surface area (Å²) in [5.41, 5.74) is 0.608. The Bertz CT molecular complexity index is 427. The van der Waals surface area contributed by atoms with Crippen LogP contribution in [0.1, 0.15) is 38.2 Å². The number of hydrogen-bond acceptors (Lipinski definition) is 1. The van der Waals surface area contributed by atoms with Crippen LogP contribution in [0.25, 0.3) is 0 Å². The Kier molecular flexibility index (Phi) is 4.30. The van der Waals surface area contributed by atoms with E-state index in [4.69, 9.17) is 0 Å². The molecule has 0 saturated heterocycles. The molecule has 0 amide bonds. The first kappa shape index (κ1) is 13.8. The minimum Gasteiger partial charge on any atom is -0.481 e. The summed E-state index contributed by atoms with van der Waals surface area (Å²) in [7, 11) is 0. The van der Waals surface area contributed by atoms with Crippen LogP contribution in [0.15, 0.2) is 24.3 Å². The van der Waals surface area contributed by atoms with Gasteiger partial charge < -0.3 is 5.11 Å². The molecule has 2 rings (SSSR count). The number of hydrogen-bond donors (Lipinski definition) is 1. The van der Waals surface area contributed by atoms with Gasteiger partial charge in [-0.3, -0.25) is 4.79 Å². The molecule has 1 aromatic carbocycles. The van der Waals surface area contributed by atoms with Crippen molar-refractivity contribution in [1.82, 2.24) is 0 Å². The van der Waals surface area contributed by atoms with Gasteiger partial charge in [-0.05, 0) is 65.5 Å². The lowest BCUT2D eigenvalue weighted by Gasteiger charge is -2.36. The van der Waals surface area contributed by atoms with E-state index in [0.717, 1.165) is 24.8 Å².